The van der Waals surface area contributed by atoms with E-state index in [0.29, 0.717) is 53.5 Å². The molecule has 0 aliphatic carbocycles. The highest BCUT2D eigenvalue weighted by molar-refractivity contribution is 7.99. The molecule has 0 unspecified atom stereocenters. The standard InChI is InChI=1S/C18H18Cl2N2O3S/c19-14-4-3-13(10-15(14)20)11-26-12-17(23)21-5-7-22(8-6-21)18(24)16-2-1-9-25-16/h1-4,9-10H,5-8,11-12H2. The van der Waals surface area contributed by atoms with E-state index in [1.54, 1.807) is 28.0 Å². The predicted octanol–water partition coefficient (Wildman–Crippen LogP) is 3.80. The first-order valence-electron chi connectivity index (χ1n) is 8.17. The molecule has 5 nitrogen and oxygen atoms in total. The van der Waals surface area contributed by atoms with Gasteiger partial charge in [-0.1, -0.05) is 29.3 Å². The number of amides is 2. The molecule has 2 amide bonds. The maximum atomic E-state index is 12.4. The average molecular weight is 413 g/mol. The Morgan fingerprint density at radius 3 is 2.42 bits per heavy atom. The second-order valence-electron chi connectivity index (χ2n) is 5.89. The van der Waals surface area contributed by atoms with Crippen molar-refractivity contribution >= 4 is 46.8 Å². The first kappa shape index (κ1) is 19.1. The van der Waals surface area contributed by atoms with Crippen molar-refractivity contribution in [2.45, 2.75) is 5.75 Å². The van der Waals surface area contributed by atoms with Crippen LogP contribution >= 0.6 is 35.0 Å². The minimum atomic E-state index is -0.129. The second-order valence-corrected chi connectivity index (χ2v) is 7.69. The molecule has 1 aromatic heterocycles. The molecule has 1 aromatic carbocycles. The predicted molar refractivity (Wildman–Crippen MR) is 104 cm³/mol. The normalized spacial score (nSPS) is 14.5. The molecule has 0 atom stereocenters. The van der Waals surface area contributed by atoms with E-state index in [-0.39, 0.29) is 11.8 Å². The van der Waals surface area contributed by atoms with E-state index < -0.39 is 0 Å². The highest BCUT2D eigenvalue weighted by Gasteiger charge is 2.25. The summed E-state index contributed by atoms with van der Waals surface area (Å²) in [6, 6.07) is 8.83. The van der Waals surface area contributed by atoms with Gasteiger partial charge in [-0.15, -0.1) is 11.8 Å². The third-order valence-electron chi connectivity index (χ3n) is 4.13. The molecule has 1 aliphatic rings. The third-order valence-corrected chi connectivity index (χ3v) is 5.86. The maximum absolute atomic E-state index is 12.4. The average Bonchev–Trinajstić information content (AvgIpc) is 3.19. The van der Waals surface area contributed by atoms with E-state index >= 15 is 0 Å². The summed E-state index contributed by atoms with van der Waals surface area (Å²) in [6.07, 6.45) is 1.48. The van der Waals surface area contributed by atoms with Crippen LogP contribution in [0.2, 0.25) is 10.0 Å². The summed E-state index contributed by atoms with van der Waals surface area (Å²) in [5.41, 5.74) is 1.03. The summed E-state index contributed by atoms with van der Waals surface area (Å²) in [5, 5.41) is 1.05. The Balaban J connectivity index is 1.42. The minimum Gasteiger partial charge on any atom is -0.459 e. The Kier molecular flexibility index (Phi) is 6.51. The van der Waals surface area contributed by atoms with Gasteiger partial charge in [-0.3, -0.25) is 9.59 Å². The molecular formula is C18H18Cl2N2O3S. The van der Waals surface area contributed by atoms with Gasteiger partial charge in [-0.2, -0.15) is 0 Å². The van der Waals surface area contributed by atoms with Crippen LogP contribution in [0, 0.1) is 0 Å². The Bertz CT molecular complexity index is 775. The smallest absolute Gasteiger partial charge is 0.289 e. The fraction of sp³-hybridized carbons (Fsp3) is 0.333. The maximum Gasteiger partial charge on any atom is 0.289 e. The highest BCUT2D eigenvalue weighted by atomic mass is 35.5. The minimum absolute atomic E-state index is 0.0835. The zero-order valence-corrected chi connectivity index (χ0v) is 16.3. The van der Waals surface area contributed by atoms with Crippen LogP contribution in [0.3, 0.4) is 0 Å². The lowest BCUT2D eigenvalue weighted by Crippen LogP contribution is -2.51. The molecular weight excluding hydrogens is 395 g/mol. The quantitative estimate of drug-likeness (QED) is 0.748. The van der Waals surface area contributed by atoms with Gasteiger partial charge in [0.25, 0.3) is 5.91 Å². The lowest BCUT2D eigenvalue weighted by atomic mass is 10.2. The Morgan fingerprint density at radius 1 is 1.04 bits per heavy atom. The van der Waals surface area contributed by atoms with Gasteiger partial charge in [0, 0.05) is 31.9 Å². The summed E-state index contributed by atoms with van der Waals surface area (Å²) >= 11 is 13.4. The topological polar surface area (TPSA) is 53.8 Å². The fourth-order valence-corrected chi connectivity index (χ4v) is 3.89. The number of halogens is 2. The van der Waals surface area contributed by atoms with Crippen LogP contribution in [-0.4, -0.2) is 53.5 Å². The zero-order valence-electron chi connectivity index (χ0n) is 14.0. The molecule has 0 saturated carbocycles. The van der Waals surface area contributed by atoms with Crippen LogP contribution in [0.5, 0.6) is 0 Å². The van der Waals surface area contributed by atoms with Crippen LogP contribution in [0.1, 0.15) is 16.1 Å². The Labute approximate surface area is 166 Å². The molecule has 0 radical (unpaired) electrons. The van der Waals surface area contributed by atoms with E-state index in [0.717, 1.165) is 5.56 Å². The van der Waals surface area contributed by atoms with Gasteiger partial charge in [0.15, 0.2) is 5.76 Å². The van der Waals surface area contributed by atoms with Crippen molar-refractivity contribution in [1.29, 1.82) is 0 Å². The number of carbonyl (C=O) groups is 2. The number of benzene rings is 1. The molecule has 1 aliphatic heterocycles. The van der Waals surface area contributed by atoms with Crippen LogP contribution in [0.15, 0.2) is 41.0 Å². The third kappa shape index (κ3) is 4.75. The number of nitrogens with zero attached hydrogens (tertiary/aromatic N) is 2. The van der Waals surface area contributed by atoms with E-state index in [1.807, 2.05) is 12.1 Å². The summed E-state index contributed by atoms with van der Waals surface area (Å²) in [5.74, 6) is 1.38. The SMILES string of the molecule is O=C(CSCc1ccc(Cl)c(Cl)c1)N1CCN(C(=O)c2ccco2)CC1. The monoisotopic (exact) mass is 412 g/mol. The number of hydrogen-bond donors (Lipinski definition) is 0. The van der Waals surface area contributed by atoms with Crippen LogP contribution in [0.25, 0.3) is 0 Å². The van der Waals surface area contributed by atoms with Crippen molar-refractivity contribution in [3.8, 4) is 0 Å². The number of hydrogen-bond acceptors (Lipinski definition) is 4. The first-order chi connectivity index (χ1) is 12.5. The van der Waals surface area contributed by atoms with E-state index in [1.165, 1.54) is 18.0 Å². The van der Waals surface area contributed by atoms with Gasteiger partial charge >= 0.3 is 0 Å². The molecule has 0 N–H and O–H groups in total. The van der Waals surface area contributed by atoms with Gasteiger partial charge in [0.05, 0.1) is 22.1 Å². The van der Waals surface area contributed by atoms with Crippen LogP contribution in [-0.2, 0) is 10.5 Å². The first-order valence-corrected chi connectivity index (χ1v) is 10.1. The molecule has 1 fully saturated rings. The number of thioether (sulfide) groups is 1. The van der Waals surface area contributed by atoms with Gasteiger partial charge in [-0.05, 0) is 29.8 Å². The van der Waals surface area contributed by atoms with Crippen molar-refractivity contribution < 1.29 is 14.0 Å². The van der Waals surface area contributed by atoms with Crippen molar-refractivity contribution in [2.24, 2.45) is 0 Å². The zero-order chi connectivity index (χ0) is 18.5. The van der Waals surface area contributed by atoms with Gasteiger partial charge in [-0.25, -0.2) is 0 Å². The van der Waals surface area contributed by atoms with E-state index in [4.69, 9.17) is 27.6 Å². The van der Waals surface area contributed by atoms with Crippen molar-refractivity contribution in [3.63, 3.8) is 0 Å². The number of furan rings is 1. The molecule has 3 rings (SSSR count). The molecule has 0 spiro atoms. The largest absolute Gasteiger partial charge is 0.459 e. The summed E-state index contributed by atoms with van der Waals surface area (Å²) in [6.45, 7) is 2.11. The molecule has 2 heterocycles. The van der Waals surface area contributed by atoms with Crippen LogP contribution < -0.4 is 0 Å². The molecule has 8 heteroatoms. The summed E-state index contributed by atoms with van der Waals surface area (Å²) < 4.78 is 5.14. The Morgan fingerprint density at radius 2 is 1.77 bits per heavy atom. The second kappa shape index (κ2) is 8.84. The Hall–Kier alpha value is -1.63. The van der Waals surface area contributed by atoms with E-state index in [9.17, 15) is 9.59 Å². The van der Waals surface area contributed by atoms with Crippen molar-refractivity contribution in [2.75, 3.05) is 31.9 Å². The molecule has 138 valence electrons. The number of carbonyl (C=O) groups excluding carboxylic acids is 2. The van der Waals surface area contributed by atoms with Crippen LogP contribution in [0.4, 0.5) is 0 Å². The molecule has 26 heavy (non-hydrogen) atoms. The lowest BCUT2D eigenvalue weighted by Gasteiger charge is -2.34. The van der Waals surface area contributed by atoms with E-state index in [2.05, 4.69) is 0 Å². The summed E-state index contributed by atoms with van der Waals surface area (Å²) in [4.78, 5) is 28.1. The van der Waals surface area contributed by atoms with Gasteiger partial charge in [0.1, 0.15) is 0 Å². The van der Waals surface area contributed by atoms with Crippen molar-refractivity contribution in [3.05, 3.63) is 58.0 Å². The summed E-state index contributed by atoms with van der Waals surface area (Å²) in [7, 11) is 0. The number of piperazine rings is 1. The number of rotatable bonds is 5. The van der Waals surface area contributed by atoms with Gasteiger partial charge < -0.3 is 14.2 Å². The highest BCUT2D eigenvalue weighted by Crippen LogP contribution is 2.24. The molecule has 0 bridgehead atoms. The molecule has 1 saturated heterocycles. The molecule has 2 aromatic rings. The fourth-order valence-electron chi connectivity index (χ4n) is 2.69. The lowest BCUT2D eigenvalue weighted by molar-refractivity contribution is -0.129. The van der Waals surface area contributed by atoms with Crippen molar-refractivity contribution in [1.82, 2.24) is 9.80 Å². The van der Waals surface area contributed by atoms with Gasteiger partial charge in [0.2, 0.25) is 5.91 Å².